The first kappa shape index (κ1) is 37.5. The first-order chi connectivity index (χ1) is 24.2. The fraction of sp³-hybridized carbons (Fsp3) is 0.278. The third-order valence-corrected chi connectivity index (χ3v) is 9.22. The van der Waals surface area contributed by atoms with Gasteiger partial charge in [-0.1, -0.05) is 37.1 Å². The summed E-state index contributed by atoms with van der Waals surface area (Å²) in [6, 6.07) is 20.2. The summed E-state index contributed by atoms with van der Waals surface area (Å²) in [5, 5.41) is 5.81. The van der Waals surface area contributed by atoms with Crippen molar-refractivity contribution in [1.29, 1.82) is 0 Å². The number of hydroxylamine groups is 1. The van der Waals surface area contributed by atoms with Crippen LogP contribution in [0.4, 0.5) is 17.1 Å². The van der Waals surface area contributed by atoms with Gasteiger partial charge in [-0.2, -0.15) is 0 Å². The Labute approximate surface area is 292 Å². The molecule has 1 heterocycles. The van der Waals surface area contributed by atoms with E-state index in [-0.39, 0.29) is 23.1 Å². The van der Waals surface area contributed by atoms with Crippen LogP contribution in [0.15, 0.2) is 90.1 Å². The number of sulfonamides is 1. The van der Waals surface area contributed by atoms with Crippen LogP contribution in [-0.2, 0) is 37.5 Å². The number of rotatable bonds is 20. The summed E-state index contributed by atoms with van der Waals surface area (Å²) in [6.45, 7) is 5.17. The number of amides is 3. The zero-order chi connectivity index (χ0) is 35.8. The smallest absolute Gasteiger partial charge is 0.262 e. The second-order valence-electron chi connectivity index (χ2n) is 11.6. The van der Waals surface area contributed by atoms with Gasteiger partial charge in [0.2, 0.25) is 12.3 Å². The molecule has 4 aromatic rings. The topological polar surface area (TPSA) is 180 Å². The molecule has 4 rings (SSSR count). The molecule has 0 spiro atoms. The van der Waals surface area contributed by atoms with Crippen LogP contribution in [0.1, 0.15) is 58.3 Å². The molecule has 0 bridgehead atoms. The number of hydrazine groups is 1. The zero-order valence-electron chi connectivity index (χ0n) is 28.1. The van der Waals surface area contributed by atoms with Crippen molar-refractivity contribution >= 4 is 45.3 Å². The van der Waals surface area contributed by atoms with E-state index in [1.807, 2.05) is 12.1 Å². The molecule has 0 saturated heterocycles. The summed E-state index contributed by atoms with van der Waals surface area (Å²) in [5.41, 5.74) is 12.4. The summed E-state index contributed by atoms with van der Waals surface area (Å²) >= 11 is 0. The molecule has 264 valence electrons. The molecule has 14 heteroatoms. The van der Waals surface area contributed by atoms with Crippen LogP contribution in [0, 0.1) is 13.8 Å². The minimum atomic E-state index is -4.00. The van der Waals surface area contributed by atoms with Gasteiger partial charge in [0.1, 0.15) is 0 Å². The van der Waals surface area contributed by atoms with Crippen LogP contribution in [-0.4, -0.2) is 44.7 Å². The van der Waals surface area contributed by atoms with Crippen LogP contribution in [0.2, 0.25) is 0 Å². The highest BCUT2D eigenvalue weighted by atomic mass is 32.2. The van der Waals surface area contributed by atoms with E-state index in [4.69, 9.17) is 4.84 Å². The Hall–Kier alpha value is -5.31. The van der Waals surface area contributed by atoms with E-state index in [0.29, 0.717) is 58.9 Å². The average Bonchev–Trinajstić information content (AvgIpc) is 3.10. The van der Waals surface area contributed by atoms with Crippen LogP contribution < -0.4 is 31.7 Å². The molecule has 0 aliphatic carbocycles. The highest BCUT2D eigenvalue weighted by Gasteiger charge is 2.21. The van der Waals surface area contributed by atoms with E-state index >= 15 is 0 Å². The summed E-state index contributed by atoms with van der Waals surface area (Å²) in [4.78, 5) is 45.9. The predicted molar refractivity (Wildman–Crippen MR) is 193 cm³/mol. The van der Waals surface area contributed by atoms with Gasteiger partial charge in [-0.25, -0.2) is 13.9 Å². The Morgan fingerprint density at radius 1 is 0.860 bits per heavy atom. The summed E-state index contributed by atoms with van der Waals surface area (Å²) in [6.07, 6.45) is 7.74. The van der Waals surface area contributed by atoms with Gasteiger partial charge in [0.05, 0.1) is 23.6 Å². The minimum Gasteiger partial charge on any atom is -0.352 e. The van der Waals surface area contributed by atoms with E-state index in [9.17, 15) is 22.8 Å². The molecule has 6 N–H and O–H groups in total. The van der Waals surface area contributed by atoms with E-state index in [2.05, 4.69) is 36.7 Å². The summed E-state index contributed by atoms with van der Waals surface area (Å²) < 4.78 is 29.1. The maximum Gasteiger partial charge on any atom is 0.262 e. The maximum atomic E-state index is 13.3. The van der Waals surface area contributed by atoms with E-state index in [0.717, 1.165) is 37.8 Å². The molecule has 0 radical (unpaired) electrons. The van der Waals surface area contributed by atoms with Gasteiger partial charge in [0.25, 0.3) is 15.9 Å². The number of carbonyl (C=O) groups is 3. The lowest BCUT2D eigenvalue weighted by Crippen LogP contribution is -2.24. The van der Waals surface area contributed by atoms with Gasteiger partial charge in [0.15, 0.2) is 0 Å². The van der Waals surface area contributed by atoms with E-state index in [1.54, 1.807) is 80.8 Å². The molecule has 50 heavy (non-hydrogen) atoms. The molecular weight excluding hydrogens is 659 g/mol. The van der Waals surface area contributed by atoms with Crippen molar-refractivity contribution in [2.45, 2.75) is 57.5 Å². The number of hydrogen-bond acceptors (Lipinski definition) is 9. The largest absolute Gasteiger partial charge is 0.352 e. The number of hydrogen-bond donors (Lipinski definition) is 6. The van der Waals surface area contributed by atoms with E-state index < -0.39 is 10.0 Å². The van der Waals surface area contributed by atoms with Crippen LogP contribution in [0.25, 0.3) is 0 Å². The molecule has 0 aliphatic rings. The molecule has 1 aromatic heterocycles. The lowest BCUT2D eigenvalue weighted by Gasteiger charge is -2.17. The SMILES string of the molecule is Cc1ccc(S(=O)(=O)Nc2ccc(NNC=O)cc2)c(C)c1NC(=O)Cc1cccc(C(=O)NCCCCCCNOCc2cccnc2)c1. The number of aryl methyl sites for hydroxylation is 1. The fourth-order valence-electron chi connectivity index (χ4n) is 5.12. The quantitative estimate of drug-likeness (QED) is 0.0430. The Morgan fingerprint density at radius 3 is 2.34 bits per heavy atom. The fourth-order valence-corrected chi connectivity index (χ4v) is 6.43. The molecule has 0 fully saturated rings. The third-order valence-electron chi connectivity index (χ3n) is 7.70. The molecule has 3 aromatic carbocycles. The van der Waals surface area contributed by atoms with Gasteiger partial charge in [-0.05, 0) is 97.5 Å². The minimum absolute atomic E-state index is 0.00540. The number of pyridine rings is 1. The predicted octanol–water partition coefficient (Wildman–Crippen LogP) is 4.76. The highest BCUT2D eigenvalue weighted by molar-refractivity contribution is 7.92. The lowest BCUT2D eigenvalue weighted by molar-refractivity contribution is -0.115. The van der Waals surface area contributed by atoms with Crippen molar-refractivity contribution in [2.24, 2.45) is 0 Å². The second-order valence-corrected chi connectivity index (χ2v) is 13.2. The molecule has 0 aliphatic heterocycles. The van der Waals surface area contributed by atoms with Gasteiger partial charge >= 0.3 is 0 Å². The number of nitrogens with zero attached hydrogens (tertiary/aromatic N) is 1. The first-order valence-corrected chi connectivity index (χ1v) is 17.7. The third kappa shape index (κ3) is 11.7. The summed E-state index contributed by atoms with van der Waals surface area (Å²) in [7, 11) is -4.00. The molecule has 0 unspecified atom stereocenters. The van der Waals surface area contributed by atoms with Gasteiger partial charge in [-0.15, -0.1) is 0 Å². The number of carbonyl (C=O) groups excluding carboxylic acids is 3. The number of nitrogens with one attached hydrogen (secondary N) is 6. The molecule has 3 amide bonds. The lowest BCUT2D eigenvalue weighted by atomic mass is 10.1. The van der Waals surface area contributed by atoms with Crippen molar-refractivity contribution in [3.63, 3.8) is 0 Å². The molecule has 0 saturated carbocycles. The maximum absolute atomic E-state index is 13.3. The average molecular weight is 702 g/mol. The molecular formula is C36H43N7O6S. The second kappa shape index (κ2) is 19.0. The normalized spacial score (nSPS) is 11.0. The summed E-state index contributed by atoms with van der Waals surface area (Å²) in [5.74, 6) is -0.557. The Kier molecular flexibility index (Phi) is 14.3. The monoisotopic (exact) mass is 701 g/mol. The Balaban J connectivity index is 1.22. The number of benzene rings is 3. The van der Waals surface area contributed by atoms with Crippen LogP contribution >= 0.6 is 0 Å². The van der Waals surface area contributed by atoms with Crippen molar-refractivity contribution in [2.75, 3.05) is 28.6 Å². The standard InChI is InChI=1S/C36H43N7O6S/c1-26-12-17-33(50(47,48)43-32-15-13-31(14-16-32)42-39-25-44)27(2)35(26)41-34(45)22-28-9-7-11-30(21-28)36(46)38-19-5-3-4-6-20-40-49-24-29-10-8-18-37-23-29/h7-18,21,23,25,40,42-43H,3-6,19-20,22,24H2,1-2H3,(H,38,46)(H,39,44)(H,41,45). The van der Waals surface area contributed by atoms with Gasteiger partial charge in [-0.3, -0.25) is 39.8 Å². The number of unbranched alkanes of at least 4 members (excludes halogenated alkanes) is 3. The van der Waals surface area contributed by atoms with Crippen molar-refractivity contribution in [3.05, 3.63) is 113 Å². The highest BCUT2D eigenvalue weighted by Crippen LogP contribution is 2.29. The van der Waals surface area contributed by atoms with Crippen LogP contribution in [0.3, 0.4) is 0 Å². The number of aromatic nitrogens is 1. The van der Waals surface area contributed by atoms with E-state index in [1.165, 1.54) is 6.07 Å². The Bertz CT molecular complexity index is 1840. The van der Waals surface area contributed by atoms with Crippen LogP contribution in [0.5, 0.6) is 0 Å². The van der Waals surface area contributed by atoms with Crippen molar-refractivity contribution in [3.8, 4) is 0 Å². The molecule has 13 nitrogen and oxygen atoms in total. The Morgan fingerprint density at radius 2 is 1.60 bits per heavy atom. The molecule has 0 atom stereocenters. The first-order valence-electron chi connectivity index (χ1n) is 16.2. The van der Waals surface area contributed by atoms with Gasteiger partial charge in [0, 0.05) is 42.4 Å². The van der Waals surface area contributed by atoms with Crippen molar-refractivity contribution in [1.82, 2.24) is 21.2 Å². The zero-order valence-corrected chi connectivity index (χ0v) is 28.9. The number of anilines is 3. The van der Waals surface area contributed by atoms with Gasteiger partial charge < -0.3 is 10.6 Å². The van der Waals surface area contributed by atoms with Crippen molar-refractivity contribution < 1.29 is 27.6 Å².